The highest BCUT2D eigenvalue weighted by molar-refractivity contribution is 5.45. The van der Waals surface area contributed by atoms with Gasteiger partial charge in [-0.1, -0.05) is 26.8 Å². The average Bonchev–Trinajstić information content (AvgIpc) is 2.61. The van der Waals surface area contributed by atoms with E-state index in [0.29, 0.717) is 24.3 Å². The molecule has 2 atom stereocenters. The Hall–Kier alpha value is -1.77. The van der Waals surface area contributed by atoms with Gasteiger partial charge in [0.1, 0.15) is 6.04 Å². The van der Waals surface area contributed by atoms with E-state index in [1.165, 1.54) is 0 Å². The second kappa shape index (κ2) is 9.07. The summed E-state index contributed by atoms with van der Waals surface area (Å²) in [5.41, 5.74) is 0.972. The number of rotatable bonds is 7. The van der Waals surface area contributed by atoms with Crippen molar-refractivity contribution in [2.45, 2.75) is 39.3 Å². The third-order valence-corrected chi connectivity index (χ3v) is 4.73. The zero-order valence-electron chi connectivity index (χ0n) is 16.2. The van der Waals surface area contributed by atoms with Crippen LogP contribution in [0.1, 0.15) is 38.8 Å². The van der Waals surface area contributed by atoms with Gasteiger partial charge in [-0.2, -0.15) is 5.26 Å². The van der Waals surface area contributed by atoms with Crippen molar-refractivity contribution >= 4 is 0 Å². The Morgan fingerprint density at radius 2 is 2.04 bits per heavy atom. The minimum Gasteiger partial charge on any atom is -0.493 e. The molecule has 0 amide bonds. The number of piperazine rings is 1. The summed E-state index contributed by atoms with van der Waals surface area (Å²) in [5, 5.41) is 9.84. The van der Waals surface area contributed by atoms with E-state index in [1.807, 2.05) is 18.2 Å². The maximum absolute atomic E-state index is 9.84. The molecule has 1 aliphatic heterocycles. The summed E-state index contributed by atoms with van der Waals surface area (Å²) >= 11 is 0. The van der Waals surface area contributed by atoms with Gasteiger partial charge >= 0.3 is 0 Å². The highest BCUT2D eigenvalue weighted by Gasteiger charge is 2.31. The summed E-state index contributed by atoms with van der Waals surface area (Å²) in [6.45, 7) is 9.96. The largest absolute Gasteiger partial charge is 0.493 e. The van der Waals surface area contributed by atoms with E-state index in [0.717, 1.165) is 37.4 Å². The first-order valence-electron chi connectivity index (χ1n) is 9.14. The lowest BCUT2D eigenvalue weighted by Crippen LogP contribution is -2.52. The van der Waals surface area contributed by atoms with Crippen LogP contribution in [0.25, 0.3) is 0 Å². The smallest absolute Gasteiger partial charge is 0.161 e. The van der Waals surface area contributed by atoms with Crippen molar-refractivity contribution in [3.63, 3.8) is 0 Å². The Labute approximate surface area is 152 Å². The van der Waals surface area contributed by atoms with Crippen LogP contribution in [0.5, 0.6) is 11.5 Å². The van der Waals surface area contributed by atoms with Crippen LogP contribution in [0.3, 0.4) is 0 Å². The minimum absolute atomic E-state index is 0.258. The third kappa shape index (κ3) is 4.87. The molecule has 5 nitrogen and oxygen atoms in total. The van der Waals surface area contributed by atoms with Crippen molar-refractivity contribution in [2.24, 2.45) is 5.92 Å². The summed E-state index contributed by atoms with van der Waals surface area (Å²) in [5.74, 6) is 1.88. The Bertz CT molecular complexity index is 597. The lowest BCUT2D eigenvalue weighted by atomic mass is 10.0. The van der Waals surface area contributed by atoms with Crippen molar-refractivity contribution in [3.8, 4) is 17.6 Å². The second-order valence-electron chi connectivity index (χ2n) is 7.21. The number of hydrogen-bond donors (Lipinski definition) is 0. The zero-order chi connectivity index (χ0) is 18.4. The highest BCUT2D eigenvalue weighted by atomic mass is 16.5. The van der Waals surface area contributed by atoms with Gasteiger partial charge in [-0.15, -0.1) is 0 Å². The first-order chi connectivity index (χ1) is 12.0. The van der Waals surface area contributed by atoms with Gasteiger partial charge in [0.05, 0.1) is 19.8 Å². The van der Waals surface area contributed by atoms with Crippen LogP contribution in [-0.2, 0) is 0 Å². The SMILES string of the molecule is CCC1CN(C)CCN1C(C#N)c1ccc(OCC(C)C)c(OC)c1. The molecule has 5 heteroatoms. The Balaban J connectivity index is 2.24. The minimum atomic E-state index is -0.258. The molecule has 0 aliphatic carbocycles. The van der Waals surface area contributed by atoms with E-state index in [9.17, 15) is 5.26 Å². The van der Waals surface area contributed by atoms with E-state index < -0.39 is 0 Å². The van der Waals surface area contributed by atoms with Crippen molar-refractivity contribution in [1.82, 2.24) is 9.80 Å². The lowest BCUT2D eigenvalue weighted by Gasteiger charge is -2.42. The molecule has 2 rings (SSSR count). The quantitative estimate of drug-likeness (QED) is 0.759. The van der Waals surface area contributed by atoms with Crippen LogP contribution in [-0.4, -0.2) is 56.2 Å². The number of nitrogens with zero attached hydrogens (tertiary/aromatic N) is 3. The van der Waals surface area contributed by atoms with Crippen LogP contribution in [0, 0.1) is 17.2 Å². The number of ether oxygens (including phenoxy) is 2. The molecule has 0 spiro atoms. The molecule has 138 valence electrons. The van der Waals surface area contributed by atoms with Crippen LogP contribution >= 0.6 is 0 Å². The molecule has 0 bridgehead atoms. The molecule has 25 heavy (non-hydrogen) atoms. The summed E-state index contributed by atoms with van der Waals surface area (Å²) in [6.07, 6.45) is 1.04. The van der Waals surface area contributed by atoms with Gasteiger partial charge in [0.25, 0.3) is 0 Å². The summed E-state index contributed by atoms with van der Waals surface area (Å²) in [7, 11) is 3.79. The predicted octanol–water partition coefficient (Wildman–Crippen LogP) is 3.32. The summed E-state index contributed by atoms with van der Waals surface area (Å²) in [4.78, 5) is 4.66. The van der Waals surface area contributed by atoms with Gasteiger partial charge in [-0.05, 0) is 37.1 Å². The van der Waals surface area contributed by atoms with E-state index in [1.54, 1.807) is 7.11 Å². The van der Waals surface area contributed by atoms with Crippen LogP contribution in [0.4, 0.5) is 0 Å². The van der Waals surface area contributed by atoms with Gasteiger partial charge < -0.3 is 14.4 Å². The molecule has 1 aromatic rings. The van der Waals surface area contributed by atoms with Crippen molar-refractivity contribution in [1.29, 1.82) is 5.26 Å². The molecular formula is C20H31N3O2. The van der Waals surface area contributed by atoms with E-state index >= 15 is 0 Å². The summed E-state index contributed by atoms with van der Waals surface area (Å²) in [6, 6.07) is 8.51. The topological polar surface area (TPSA) is 48.7 Å². The number of benzene rings is 1. The predicted molar refractivity (Wildman–Crippen MR) is 100.0 cm³/mol. The number of methoxy groups -OCH3 is 1. The van der Waals surface area contributed by atoms with Crippen molar-refractivity contribution in [3.05, 3.63) is 23.8 Å². The first kappa shape index (κ1) is 19.6. The lowest BCUT2D eigenvalue weighted by molar-refractivity contribution is 0.0675. The molecule has 0 aromatic heterocycles. The fourth-order valence-electron chi connectivity index (χ4n) is 3.30. The molecule has 0 saturated carbocycles. The first-order valence-corrected chi connectivity index (χ1v) is 9.14. The van der Waals surface area contributed by atoms with Gasteiger partial charge in [-0.3, -0.25) is 4.90 Å². The number of likely N-dealkylation sites (N-methyl/N-ethyl adjacent to an activating group) is 1. The molecule has 1 aromatic carbocycles. The van der Waals surface area contributed by atoms with E-state index in [4.69, 9.17) is 9.47 Å². The zero-order valence-corrected chi connectivity index (χ0v) is 16.2. The normalized spacial score (nSPS) is 20.3. The molecule has 1 aliphatic rings. The monoisotopic (exact) mass is 345 g/mol. The molecule has 2 unspecified atom stereocenters. The van der Waals surface area contributed by atoms with Crippen LogP contribution < -0.4 is 9.47 Å². The van der Waals surface area contributed by atoms with Gasteiger partial charge in [0.2, 0.25) is 0 Å². The fourth-order valence-corrected chi connectivity index (χ4v) is 3.30. The average molecular weight is 345 g/mol. The van der Waals surface area contributed by atoms with Gasteiger partial charge in [0, 0.05) is 25.7 Å². The van der Waals surface area contributed by atoms with E-state index in [2.05, 4.69) is 43.7 Å². The van der Waals surface area contributed by atoms with Crippen molar-refractivity contribution < 1.29 is 9.47 Å². The molecular weight excluding hydrogens is 314 g/mol. The Kier molecular flexibility index (Phi) is 7.10. The Morgan fingerprint density at radius 3 is 2.64 bits per heavy atom. The molecule has 0 radical (unpaired) electrons. The van der Waals surface area contributed by atoms with Crippen LogP contribution in [0.2, 0.25) is 0 Å². The highest BCUT2D eigenvalue weighted by Crippen LogP contribution is 2.34. The molecule has 1 saturated heterocycles. The number of hydrogen-bond acceptors (Lipinski definition) is 5. The maximum atomic E-state index is 9.84. The fraction of sp³-hybridized carbons (Fsp3) is 0.650. The van der Waals surface area contributed by atoms with E-state index in [-0.39, 0.29) is 6.04 Å². The Morgan fingerprint density at radius 1 is 1.28 bits per heavy atom. The van der Waals surface area contributed by atoms with Crippen molar-refractivity contribution in [2.75, 3.05) is 40.4 Å². The standard InChI is InChI=1S/C20H31N3O2/c1-6-17-13-22(4)9-10-23(17)18(12-21)16-7-8-19(20(11-16)24-5)25-14-15(2)3/h7-8,11,15,17-18H,6,9-10,13-14H2,1-5H3. The van der Waals surface area contributed by atoms with Crippen LogP contribution in [0.15, 0.2) is 18.2 Å². The molecule has 1 fully saturated rings. The second-order valence-corrected chi connectivity index (χ2v) is 7.21. The van der Waals surface area contributed by atoms with Gasteiger partial charge in [-0.25, -0.2) is 0 Å². The molecule has 0 N–H and O–H groups in total. The third-order valence-electron chi connectivity index (χ3n) is 4.73. The van der Waals surface area contributed by atoms with Gasteiger partial charge in [0.15, 0.2) is 11.5 Å². The number of nitriles is 1. The molecule has 1 heterocycles. The maximum Gasteiger partial charge on any atom is 0.161 e. The summed E-state index contributed by atoms with van der Waals surface area (Å²) < 4.78 is 11.3.